The average molecular weight is 457 g/mol. The van der Waals surface area contributed by atoms with Crippen LogP contribution in [0.2, 0.25) is 0 Å². The number of rotatable bonds is 6. The first kappa shape index (κ1) is 21.5. The van der Waals surface area contributed by atoms with E-state index in [0.717, 1.165) is 16.7 Å². The van der Waals surface area contributed by atoms with Gasteiger partial charge < -0.3 is 19.0 Å². The fraction of sp³-hybridized carbons (Fsp3) is 0.192. The number of hydrogen-bond donors (Lipinski definition) is 1. The molecule has 1 atom stereocenters. The van der Waals surface area contributed by atoms with Crippen molar-refractivity contribution < 1.29 is 18.5 Å². The van der Waals surface area contributed by atoms with Gasteiger partial charge in [-0.15, -0.1) is 0 Å². The highest BCUT2D eigenvalue weighted by atomic mass is 16.5. The number of urea groups is 1. The summed E-state index contributed by atoms with van der Waals surface area (Å²) in [6.45, 7) is 4.18. The van der Waals surface area contributed by atoms with Crippen LogP contribution in [0.4, 0.5) is 4.79 Å². The molecule has 4 aromatic rings. The highest BCUT2D eigenvalue weighted by Gasteiger charge is 2.36. The smallest absolute Gasteiger partial charge is 0.322 e. The minimum Gasteiger partial charge on any atom is -0.497 e. The van der Waals surface area contributed by atoms with Crippen LogP contribution in [0, 0.1) is 6.92 Å². The van der Waals surface area contributed by atoms with Crippen LogP contribution in [0.5, 0.6) is 5.75 Å². The first-order valence-electron chi connectivity index (χ1n) is 10.9. The van der Waals surface area contributed by atoms with Crippen molar-refractivity contribution >= 4 is 11.6 Å². The quantitative estimate of drug-likeness (QED) is 0.421. The molecule has 0 aliphatic carbocycles. The molecule has 2 aromatic carbocycles. The van der Waals surface area contributed by atoms with E-state index < -0.39 is 6.04 Å². The van der Waals surface area contributed by atoms with E-state index in [1.54, 1.807) is 24.3 Å². The Morgan fingerprint density at radius 1 is 1.09 bits per heavy atom. The number of carbonyl (C=O) groups excluding carboxylic acids is 1. The summed E-state index contributed by atoms with van der Waals surface area (Å²) in [6, 6.07) is 18.3. The molecule has 1 aliphatic heterocycles. The lowest BCUT2D eigenvalue weighted by molar-refractivity contribution is 0.199. The standard InChI is InChI=1S/C26H24N4O4/c1-16-9-11-18(12-10-16)24-28-25(34-29-24)22-17(2)30(15-21-8-5-13-33-21)26(31)27-23(22)19-6-4-7-20(14-19)32-3/h4-14,23H,15H2,1-3H3,(H,27,31). The number of ether oxygens (including phenoxy) is 1. The molecule has 2 aromatic heterocycles. The van der Waals surface area contributed by atoms with Gasteiger partial charge in [-0.3, -0.25) is 4.90 Å². The number of allylic oxidation sites excluding steroid dienone is 1. The molecule has 0 radical (unpaired) electrons. The van der Waals surface area contributed by atoms with Crippen molar-refractivity contribution in [1.82, 2.24) is 20.4 Å². The summed E-state index contributed by atoms with van der Waals surface area (Å²) < 4.78 is 16.6. The van der Waals surface area contributed by atoms with Crippen molar-refractivity contribution in [3.8, 4) is 17.1 Å². The Labute approximate surface area is 196 Å². The molecule has 0 fully saturated rings. The van der Waals surface area contributed by atoms with Crippen LogP contribution in [0.1, 0.15) is 35.7 Å². The third-order valence-electron chi connectivity index (χ3n) is 5.88. The molecule has 8 nitrogen and oxygen atoms in total. The summed E-state index contributed by atoms with van der Waals surface area (Å²) >= 11 is 0. The highest BCUT2D eigenvalue weighted by Crippen LogP contribution is 2.38. The molecular weight excluding hydrogens is 432 g/mol. The van der Waals surface area contributed by atoms with E-state index in [1.807, 2.05) is 68.4 Å². The van der Waals surface area contributed by atoms with Crippen molar-refractivity contribution in [2.75, 3.05) is 7.11 Å². The number of methoxy groups -OCH3 is 1. The van der Waals surface area contributed by atoms with Crippen molar-refractivity contribution in [2.45, 2.75) is 26.4 Å². The molecule has 1 N–H and O–H groups in total. The van der Waals surface area contributed by atoms with Gasteiger partial charge in [0.2, 0.25) is 5.82 Å². The van der Waals surface area contributed by atoms with Crippen LogP contribution in [-0.4, -0.2) is 28.2 Å². The van der Waals surface area contributed by atoms with Crippen LogP contribution in [0.3, 0.4) is 0 Å². The van der Waals surface area contributed by atoms with Gasteiger partial charge in [-0.1, -0.05) is 47.1 Å². The second kappa shape index (κ2) is 8.90. The number of amides is 2. The number of benzene rings is 2. The van der Waals surface area contributed by atoms with Gasteiger partial charge >= 0.3 is 6.03 Å². The van der Waals surface area contributed by atoms with Gasteiger partial charge in [-0.2, -0.15) is 4.98 Å². The first-order valence-corrected chi connectivity index (χ1v) is 10.9. The maximum absolute atomic E-state index is 13.1. The van der Waals surface area contributed by atoms with Gasteiger partial charge in [0.1, 0.15) is 11.5 Å². The normalized spacial score (nSPS) is 16.0. The SMILES string of the molecule is COc1cccc(C2NC(=O)N(Cc3ccco3)C(C)=C2c2nc(-c3ccc(C)cc3)no2)c1. The van der Waals surface area contributed by atoms with E-state index in [1.165, 1.54) is 0 Å². The zero-order valence-corrected chi connectivity index (χ0v) is 19.1. The molecule has 0 saturated heterocycles. The van der Waals surface area contributed by atoms with Gasteiger partial charge in [-0.05, 0) is 43.7 Å². The van der Waals surface area contributed by atoms with Gasteiger partial charge in [0.25, 0.3) is 5.89 Å². The fourth-order valence-electron chi connectivity index (χ4n) is 4.03. The average Bonchev–Trinajstić information content (AvgIpc) is 3.54. The van der Waals surface area contributed by atoms with E-state index in [9.17, 15) is 4.79 Å². The van der Waals surface area contributed by atoms with E-state index in [4.69, 9.17) is 18.7 Å². The Morgan fingerprint density at radius 2 is 1.91 bits per heavy atom. The topological polar surface area (TPSA) is 93.6 Å². The molecule has 0 bridgehead atoms. The Hall–Kier alpha value is -4.33. The Bertz CT molecular complexity index is 1340. The predicted octanol–water partition coefficient (Wildman–Crippen LogP) is 5.34. The Balaban J connectivity index is 1.60. The molecule has 5 rings (SSSR count). The molecule has 0 spiro atoms. The molecule has 8 heteroatoms. The number of hydrogen-bond acceptors (Lipinski definition) is 6. The molecule has 1 unspecified atom stereocenters. The van der Waals surface area contributed by atoms with Crippen LogP contribution in [0.25, 0.3) is 17.0 Å². The van der Waals surface area contributed by atoms with Crippen molar-refractivity contribution in [3.63, 3.8) is 0 Å². The maximum Gasteiger partial charge on any atom is 0.322 e. The molecular formula is C26H24N4O4. The van der Waals surface area contributed by atoms with Crippen LogP contribution < -0.4 is 10.1 Å². The van der Waals surface area contributed by atoms with E-state index in [0.29, 0.717) is 34.5 Å². The van der Waals surface area contributed by atoms with E-state index in [2.05, 4.69) is 10.5 Å². The maximum atomic E-state index is 13.1. The second-order valence-electron chi connectivity index (χ2n) is 8.11. The van der Waals surface area contributed by atoms with Gasteiger partial charge in [0, 0.05) is 11.3 Å². The molecule has 0 saturated carbocycles. The summed E-state index contributed by atoms with van der Waals surface area (Å²) in [5.74, 6) is 2.17. The number of aryl methyl sites for hydroxylation is 1. The summed E-state index contributed by atoms with van der Waals surface area (Å²) in [5, 5.41) is 7.30. The number of nitrogens with zero attached hydrogens (tertiary/aromatic N) is 3. The summed E-state index contributed by atoms with van der Waals surface area (Å²) in [4.78, 5) is 19.4. The number of nitrogens with one attached hydrogen (secondary N) is 1. The molecule has 3 heterocycles. The zero-order chi connectivity index (χ0) is 23.7. The number of carbonyl (C=O) groups is 1. The molecule has 34 heavy (non-hydrogen) atoms. The van der Waals surface area contributed by atoms with Crippen LogP contribution >= 0.6 is 0 Å². The van der Waals surface area contributed by atoms with Gasteiger partial charge in [0.05, 0.1) is 31.5 Å². The third kappa shape index (κ3) is 4.05. The number of aromatic nitrogens is 2. The minimum atomic E-state index is -0.498. The van der Waals surface area contributed by atoms with Gasteiger partial charge in [-0.25, -0.2) is 4.79 Å². The predicted molar refractivity (Wildman–Crippen MR) is 126 cm³/mol. The van der Waals surface area contributed by atoms with Crippen molar-refractivity contribution in [3.05, 3.63) is 95.4 Å². The second-order valence-corrected chi connectivity index (χ2v) is 8.11. The molecule has 2 amide bonds. The summed E-state index contributed by atoms with van der Waals surface area (Å²) in [5.41, 5.74) is 4.25. The van der Waals surface area contributed by atoms with Crippen LogP contribution in [-0.2, 0) is 6.54 Å². The summed E-state index contributed by atoms with van der Waals surface area (Å²) in [6.07, 6.45) is 1.59. The Kier molecular flexibility index (Phi) is 5.63. The highest BCUT2D eigenvalue weighted by molar-refractivity contribution is 5.86. The Morgan fingerprint density at radius 3 is 2.65 bits per heavy atom. The van der Waals surface area contributed by atoms with Crippen LogP contribution in [0.15, 0.2) is 81.6 Å². The zero-order valence-electron chi connectivity index (χ0n) is 19.1. The number of furan rings is 1. The lowest BCUT2D eigenvalue weighted by Crippen LogP contribution is -2.45. The van der Waals surface area contributed by atoms with Crippen molar-refractivity contribution in [2.24, 2.45) is 0 Å². The largest absolute Gasteiger partial charge is 0.497 e. The lowest BCUT2D eigenvalue weighted by atomic mass is 9.94. The van der Waals surface area contributed by atoms with E-state index in [-0.39, 0.29) is 12.6 Å². The lowest BCUT2D eigenvalue weighted by Gasteiger charge is -2.34. The molecule has 172 valence electrons. The summed E-state index contributed by atoms with van der Waals surface area (Å²) in [7, 11) is 1.61. The van der Waals surface area contributed by atoms with Crippen molar-refractivity contribution in [1.29, 1.82) is 0 Å². The monoisotopic (exact) mass is 456 g/mol. The minimum absolute atomic E-state index is 0.247. The van der Waals surface area contributed by atoms with Gasteiger partial charge in [0.15, 0.2) is 0 Å². The fourth-order valence-corrected chi connectivity index (χ4v) is 4.03. The van der Waals surface area contributed by atoms with E-state index >= 15 is 0 Å². The third-order valence-corrected chi connectivity index (χ3v) is 5.88. The first-order chi connectivity index (χ1) is 16.5. The molecule has 1 aliphatic rings.